The van der Waals surface area contributed by atoms with Gasteiger partial charge < -0.3 is 10.5 Å². The number of hydrogen-bond acceptors (Lipinski definition) is 3. The van der Waals surface area contributed by atoms with E-state index in [-0.39, 0.29) is 17.8 Å². The van der Waals surface area contributed by atoms with Gasteiger partial charge in [-0.1, -0.05) is 31.5 Å². The van der Waals surface area contributed by atoms with Crippen molar-refractivity contribution in [3.05, 3.63) is 29.8 Å². The number of rotatable bonds is 5. The monoisotopic (exact) mass is 298 g/mol. The second-order valence-electron chi connectivity index (χ2n) is 5.71. The quantitative estimate of drug-likeness (QED) is 0.905. The van der Waals surface area contributed by atoms with E-state index < -0.39 is 6.61 Å². The molecule has 1 aromatic carbocycles. The second-order valence-corrected chi connectivity index (χ2v) is 5.71. The molecule has 3 atom stereocenters. The van der Waals surface area contributed by atoms with Crippen LogP contribution in [0, 0.1) is 5.92 Å². The highest BCUT2D eigenvalue weighted by atomic mass is 19.3. The van der Waals surface area contributed by atoms with E-state index in [9.17, 15) is 8.78 Å². The van der Waals surface area contributed by atoms with E-state index >= 15 is 0 Å². The van der Waals surface area contributed by atoms with E-state index in [0.717, 1.165) is 31.5 Å². The van der Waals surface area contributed by atoms with Gasteiger partial charge in [0.25, 0.3) is 0 Å². The molecular formula is C16H24F2N2O. The molecule has 1 aliphatic rings. The van der Waals surface area contributed by atoms with Gasteiger partial charge in [-0.25, -0.2) is 0 Å². The maximum atomic E-state index is 12.5. The number of halogens is 2. The van der Waals surface area contributed by atoms with E-state index in [2.05, 4.69) is 16.6 Å². The van der Waals surface area contributed by atoms with Gasteiger partial charge in [-0.2, -0.15) is 8.78 Å². The first-order chi connectivity index (χ1) is 10.0. The predicted octanol–water partition coefficient (Wildman–Crippen LogP) is 3.41. The van der Waals surface area contributed by atoms with Crippen molar-refractivity contribution in [2.24, 2.45) is 11.7 Å². The van der Waals surface area contributed by atoms with Crippen molar-refractivity contribution in [1.29, 1.82) is 0 Å². The van der Waals surface area contributed by atoms with E-state index in [4.69, 9.17) is 5.73 Å². The summed E-state index contributed by atoms with van der Waals surface area (Å²) in [6.07, 6.45) is 1.99. The van der Waals surface area contributed by atoms with Crippen molar-refractivity contribution < 1.29 is 13.5 Å². The van der Waals surface area contributed by atoms with Gasteiger partial charge in [0, 0.05) is 30.7 Å². The molecule has 2 N–H and O–H groups in total. The minimum atomic E-state index is -2.79. The minimum Gasteiger partial charge on any atom is -0.434 e. The van der Waals surface area contributed by atoms with Crippen LogP contribution in [0.1, 0.15) is 38.3 Å². The molecule has 0 saturated carbocycles. The van der Waals surface area contributed by atoms with E-state index in [1.807, 2.05) is 19.1 Å². The molecule has 0 spiro atoms. The Bertz CT molecular complexity index is 456. The van der Waals surface area contributed by atoms with Crippen LogP contribution in [0.15, 0.2) is 24.3 Å². The second kappa shape index (κ2) is 7.18. The van der Waals surface area contributed by atoms with Crippen molar-refractivity contribution in [2.45, 2.75) is 45.4 Å². The van der Waals surface area contributed by atoms with Crippen LogP contribution >= 0.6 is 0 Å². The molecule has 1 saturated heterocycles. The zero-order valence-corrected chi connectivity index (χ0v) is 12.6. The number of ether oxygens (including phenoxy) is 1. The lowest BCUT2D eigenvalue weighted by atomic mass is 9.89. The molecule has 21 heavy (non-hydrogen) atoms. The third-order valence-corrected chi connectivity index (χ3v) is 4.48. The minimum absolute atomic E-state index is 0.0431. The summed E-state index contributed by atoms with van der Waals surface area (Å²) in [4.78, 5) is 2.31. The van der Waals surface area contributed by atoms with Crippen LogP contribution in [0.5, 0.6) is 5.75 Å². The summed E-state index contributed by atoms with van der Waals surface area (Å²) in [6, 6.07) is 7.32. The molecule has 0 aromatic heterocycles. The van der Waals surface area contributed by atoms with Crippen LogP contribution in [-0.2, 0) is 0 Å². The molecule has 5 heteroatoms. The summed E-state index contributed by atoms with van der Waals surface area (Å²) in [5.41, 5.74) is 6.94. The van der Waals surface area contributed by atoms with Crippen LogP contribution in [-0.4, -0.2) is 30.6 Å². The van der Waals surface area contributed by atoms with Crippen molar-refractivity contribution in [3.8, 4) is 5.75 Å². The Morgan fingerprint density at radius 1 is 1.38 bits per heavy atom. The lowest BCUT2D eigenvalue weighted by Gasteiger charge is -2.40. The summed E-state index contributed by atoms with van der Waals surface area (Å²) >= 11 is 0. The van der Waals surface area contributed by atoms with Gasteiger partial charge >= 0.3 is 6.61 Å². The van der Waals surface area contributed by atoms with Crippen LogP contribution < -0.4 is 10.5 Å². The fourth-order valence-electron chi connectivity index (χ4n) is 3.09. The number of benzene rings is 1. The van der Waals surface area contributed by atoms with Gasteiger partial charge in [0.15, 0.2) is 0 Å². The Morgan fingerprint density at radius 2 is 2.10 bits per heavy atom. The van der Waals surface area contributed by atoms with E-state index in [0.29, 0.717) is 5.92 Å². The lowest BCUT2D eigenvalue weighted by molar-refractivity contribution is -0.0513. The molecule has 118 valence electrons. The zero-order valence-electron chi connectivity index (χ0n) is 12.6. The highest BCUT2D eigenvalue weighted by Crippen LogP contribution is 2.33. The van der Waals surface area contributed by atoms with Crippen LogP contribution in [0.3, 0.4) is 0 Å². The Balaban J connectivity index is 2.14. The van der Waals surface area contributed by atoms with Crippen LogP contribution in [0.2, 0.25) is 0 Å². The Hall–Kier alpha value is -1.20. The van der Waals surface area contributed by atoms with Crippen molar-refractivity contribution in [1.82, 2.24) is 4.90 Å². The number of hydrogen-bond donors (Lipinski definition) is 1. The zero-order chi connectivity index (χ0) is 15.4. The Kier molecular flexibility index (Phi) is 5.53. The third kappa shape index (κ3) is 3.92. The number of likely N-dealkylation sites (tertiary alicyclic amines) is 1. The molecule has 0 radical (unpaired) electrons. The number of para-hydroxylation sites is 1. The molecule has 1 fully saturated rings. The van der Waals surface area contributed by atoms with Gasteiger partial charge in [-0.3, -0.25) is 4.90 Å². The van der Waals surface area contributed by atoms with Gasteiger partial charge in [0.2, 0.25) is 0 Å². The molecule has 1 aromatic rings. The van der Waals surface area contributed by atoms with Crippen LogP contribution in [0.25, 0.3) is 0 Å². The Morgan fingerprint density at radius 3 is 2.76 bits per heavy atom. The summed E-state index contributed by atoms with van der Waals surface area (Å²) in [5.74, 6) is 0.729. The predicted molar refractivity (Wildman–Crippen MR) is 79.4 cm³/mol. The average Bonchev–Trinajstić information content (AvgIpc) is 2.47. The average molecular weight is 298 g/mol. The topological polar surface area (TPSA) is 38.5 Å². The number of alkyl halides is 2. The van der Waals surface area contributed by atoms with Crippen molar-refractivity contribution >= 4 is 0 Å². The maximum Gasteiger partial charge on any atom is 0.387 e. The smallest absolute Gasteiger partial charge is 0.387 e. The standard InChI is InChI=1S/C16H24F2N2O/c1-3-12-10-20(9-8-14(12)19)11(2)13-6-4-5-7-15(13)21-16(17)18/h4-7,11-12,14,16H,3,8-10,19H2,1-2H3. The summed E-state index contributed by atoms with van der Waals surface area (Å²) in [7, 11) is 0. The molecule has 2 rings (SSSR count). The van der Waals surface area contributed by atoms with E-state index in [1.54, 1.807) is 12.1 Å². The van der Waals surface area contributed by atoms with Gasteiger partial charge in [-0.15, -0.1) is 0 Å². The molecule has 0 bridgehead atoms. The maximum absolute atomic E-state index is 12.5. The SMILES string of the molecule is CCC1CN(C(C)c2ccccc2OC(F)F)CCC1N. The molecular weight excluding hydrogens is 274 g/mol. The highest BCUT2D eigenvalue weighted by molar-refractivity contribution is 5.35. The van der Waals surface area contributed by atoms with Gasteiger partial charge in [-0.05, 0) is 25.3 Å². The molecule has 0 amide bonds. The third-order valence-electron chi connectivity index (χ3n) is 4.48. The first-order valence-corrected chi connectivity index (χ1v) is 7.56. The largest absolute Gasteiger partial charge is 0.434 e. The number of nitrogens with two attached hydrogens (primary N) is 1. The summed E-state index contributed by atoms with van der Waals surface area (Å²) < 4.78 is 29.7. The van der Waals surface area contributed by atoms with Crippen molar-refractivity contribution in [2.75, 3.05) is 13.1 Å². The molecule has 1 heterocycles. The Labute approximate surface area is 125 Å². The van der Waals surface area contributed by atoms with Gasteiger partial charge in [0.1, 0.15) is 5.75 Å². The van der Waals surface area contributed by atoms with Gasteiger partial charge in [0.05, 0.1) is 0 Å². The number of piperidine rings is 1. The highest BCUT2D eigenvalue weighted by Gasteiger charge is 2.29. The first-order valence-electron chi connectivity index (χ1n) is 7.56. The molecule has 3 nitrogen and oxygen atoms in total. The summed E-state index contributed by atoms with van der Waals surface area (Å²) in [6.45, 7) is 3.18. The normalized spacial score (nSPS) is 25.0. The lowest BCUT2D eigenvalue weighted by Crippen LogP contribution is -2.47. The number of nitrogens with zero attached hydrogens (tertiary/aromatic N) is 1. The first kappa shape index (κ1) is 16.2. The molecule has 0 aliphatic carbocycles. The fraction of sp³-hybridized carbons (Fsp3) is 0.625. The fourth-order valence-corrected chi connectivity index (χ4v) is 3.09. The van der Waals surface area contributed by atoms with Crippen LogP contribution in [0.4, 0.5) is 8.78 Å². The molecule has 3 unspecified atom stereocenters. The summed E-state index contributed by atoms with van der Waals surface area (Å²) in [5, 5.41) is 0. The van der Waals surface area contributed by atoms with Crippen molar-refractivity contribution in [3.63, 3.8) is 0 Å². The van der Waals surface area contributed by atoms with E-state index in [1.165, 1.54) is 0 Å². The molecule has 1 aliphatic heterocycles.